The van der Waals surface area contributed by atoms with E-state index in [0.29, 0.717) is 11.5 Å². The van der Waals surface area contributed by atoms with Crippen LogP contribution in [0.1, 0.15) is 18.4 Å². The first-order chi connectivity index (χ1) is 14.1. The van der Waals surface area contributed by atoms with E-state index < -0.39 is 6.03 Å². The number of nitrogens with zero attached hydrogens (tertiary/aromatic N) is 2. The average Bonchev–Trinajstić information content (AvgIpc) is 2.74. The van der Waals surface area contributed by atoms with Gasteiger partial charge in [-0.1, -0.05) is 12.1 Å². The van der Waals surface area contributed by atoms with Crippen LogP contribution in [0.3, 0.4) is 0 Å². The van der Waals surface area contributed by atoms with Crippen LogP contribution < -0.4 is 20.5 Å². The van der Waals surface area contributed by atoms with Gasteiger partial charge >= 0.3 is 6.03 Å². The molecule has 0 radical (unpaired) electrons. The number of carbonyl (C=O) groups excluding carboxylic acids is 1. The van der Waals surface area contributed by atoms with Gasteiger partial charge in [-0.15, -0.1) is 0 Å². The Kier molecular flexibility index (Phi) is 7.08. The number of nitrogens with one attached hydrogen (secondary N) is 1. The third-order valence-electron chi connectivity index (χ3n) is 5.04. The van der Waals surface area contributed by atoms with Crippen LogP contribution in [0.15, 0.2) is 53.5 Å². The number of hydrogen-bond acceptors (Lipinski definition) is 4. The molecule has 2 amide bonds. The van der Waals surface area contributed by atoms with Crippen LogP contribution in [0.4, 0.5) is 10.5 Å². The van der Waals surface area contributed by atoms with Crippen molar-refractivity contribution < 1.29 is 14.3 Å². The van der Waals surface area contributed by atoms with Gasteiger partial charge in [0, 0.05) is 24.7 Å². The van der Waals surface area contributed by atoms with E-state index in [0.717, 1.165) is 44.0 Å². The fraction of sp³-hybridized carbons (Fsp3) is 0.364. The summed E-state index contributed by atoms with van der Waals surface area (Å²) in [5, 5.41) is 2.74. The third kappa shape index (κ3) is 5.96. The lowest BCUT2D eigenvalue weighted by molar-refractivity contribution is 0.196. The van der Waals surface area contributed by atoms with Gasteiger partial charge in [-0.05, 0) is 61.3 Å². The summed E-state index contributed by atoms with van der Waals surface area (Å²) in [5.41, 5.74) is 8.01. The number of ether oxygens (including phenoxy) is 2. The number of nitrogens with two attached hydrogens (primary N) is 1. The molecule has 2 aromatic rings. The molecule has 3 rings (SSSR count). The van der Waals surface area contributed by atoms with Crippen molar-refractivity contribution in [1.29, 1.82) is 0 Å². The topological polar surface area (TPSA) is 89.2 Å². The molecule has 0 saturated carbocycles. The van der Waals surface area contributed by atoms with Crippen LogP contribution in [0.5, 0.6) is 11.5 Å². The van der Waals surface area contributed by atoms with Gasteiger partial charge in [-0.3, -0.25) is 4.90 Å². The molecule has 1 unspecified atom stereocenters. The maximum absolute atomic E-state index is 12.2. The van der Waals surface area contributed by atoms with Crippen molar-refractivity contribution in [2.75, 3.05) is 32.6 Å². The second-order valence-electron chi connectivity index (χ2n) is 7.12. The maximum atomic E-state index is 12.2. The van der Waals surface area contributed by atoms with Gasteiger partial charge in [0.05, 0.1) is 14.2 Å². The Morgan fingerprint density at radius 2 is 1.93 bits per heavy atom. The van der Waals surface area contributed by atoms with E-state index in [9.17, 15) is 4.79 Å². The standard InChI is InChI=1S/C22H28N4O3/c1-28-19-10-8-18(9-11-19)24-22(27)25-21(23)17-6-4-12-26(15-17)14-16-5-3-7-20(13-16)29-2/h3,5,7-11,13,17H,4,6,12,14-15H2,1-2H3,(H3,23,24,25,27). The Balaban J connectivity index is 1.57. The monoisotopic (exact) mass is 396 g/mol. The fourth-order valence-electron chi connectivity index (χ4n) is 3.50. The number of piperidine rings is 1. The van der Waals surface area contributed by atoms with E-state index in [2.05, 4.69) is 21.3 Å². The van der Waals surface area contributed by atoms with Crippen molar-refractivity contribution in [2.24, 2.45) is 16.6 Å². The van der Waals surface area contributed by atoms with Crippen LogP contribution in [-0.2, 0) is 6.54 Å². The maximum Gasteiger partial charge on any atom is 0.347 e. The van der Waals surface area contributed by atoms with Gasteiger partial charge in [0.25, 0.3) is 0 Å². The Morgan fingerprint density at radius 3 is 2.66 bits per heavy atom. The molecule has 0 spiro atoms. The molecule has 0 bridgehead atoms. The van der Waals surface area contributed by atoms with Gasteiger partial charge in [0.15, 0.2) is 0 Å². The number of likely N-dealkylation sites (tertiary alicyclic amines) is 1. The number of carbonyl (C=O) groups is 1. The van der Waals surface area contributed by atoms with Gasteiger partial charge in [-0.2, -0.15) is 4.99 Å². The Morgan fingerprint density at radius 1 is 1.17 bits per heavy atom. The number of rotatable bonds is 6. The zero-order chi connectivity index (χ0) is 20.6. The number of aliphatic imine (C=N–C) groups is 1. The highest BCUT2D eigenvalue weighted by atomic mass is 16.5. The van der Waals surface area contributed by atoms with Gasteiger partial charge < -0.3 is 20.5 Å². The minimum atomic E-state index is -0.461. The van der Waals surface area contributed by atoms with E-state index in [1.807, 2.05) is 18.2 Å². The molecule has 1 atom stereocenters. The molecule has 2 aromatic carbocycles. The number of urea groups is 1. The molecule has 0 aliphatic carbocycles. The van der Waals surface area contributed by atoms with Crippen molar-refractivity contribution in [3.05, 3.63) is 54.1 Å². The predicted molar refractivity (Wildman–Crippen MR) is 115 cm³/mol. The third-order valence-corrected chi connectivity index (χ3v) is 5.04. The lowest BCUT2D eigenvalue weighted by Crippen LogP contribution is -2.41. The minimum Gasteiger partial charge on any atom is -0.497 e. The highest BCUT2D eigenvalue weighted by Gasteiger charge is 2.23. The molecule has 3 N–H and O–H groups in total. The van der Waals surface area contributed by atoms with Crippen LogP contribution in [0, 0.1) is 5.92 Å². The minimum absolute atomic E-state index is 0.0657. The second kappa shape index (κ2) is 9.93. The van der Waals surface area contributed by atoms with Crippen LogP contribution in [-0.4, -0.2) is 44.1 Å². The number of hydrogen-bond donors (Lipinski definition) is 2. The summed E-state index contributed by atoms with van der Waals surface area (Å²) in [6, 6.07) is 14.7. The highest BCUT2D eigenvalue weighted by Crippen LogP contribution is 2.21. The zero-order valence-corrected chi connectivity index (χ0v) is 16.9. The second-order valence-corrected chi connectivity index (χ2v) is 7.12. The van der Waals surface area contributed by atoms with E-state index in [1.54, 1.807) is 38.5 Å². The lowest BCUT2D eigenvalue weighted by Gasteiger charge is -2.32. The van der Waals surface area contributed by atoms with Crippen LogP contribution in [0.2, 0.25) is 0 Å². The zero-order valence-electron chi connectivity index (χ0n) is 16.9. The van der Waals surface area contributed by atoms with Crippen molar-refractivity contribution in [3.8, 4) is 11.5 Å². The molecule has 1 saturated heterocycles. The molecule has 0 aromatic heterocycles. The molecule has 29 heavy (non-hydrogen) atoms. The van der Waals surface area contributed by atoms with E-state index in [1.165, 1.54) is 5.56 Å². The van der Waals surface area contributed by atoms with Crippen LogP contribution in [0.25, 0.3) is 0 Å². The van der Waals surface area contributed by atoms with Gasteiger partial charge in [0.1, 0.15) is 17.3 Å². The first-order valence-electron chi connectivity index (χ1n) is 9.71. The molecule has 1 fully saturated rings. The number of amidine groups is 1. The van der Waals surface area contributed by atoms with Crippen molar-refractivity contribution >= 4 is 17.6 Å². The SMILES string of the molecule is COc1ccc(NC(=O)/N=C(\N)C2CCCN(Cc3cccc(OC)c3)C2)cc1. The molecule has 1 aliphatic heterocycles. The number of methoxy groups -OCH3 is 2. The largest absolute Gasteiger partial charge is 0.497 e. The first kappa shape index (κ1) is 20.7. The van der Waals surface area contributed by atoms with E-state index in [-0.39, 0.29) is 5.92 Å². The number of anilines is 1. The molecule has 7 nitrogen and oxygen atoms in total. The summed E-state index contributed by atoms with van der Waals surface area (Å²) in [6.45, 7) is 2.60. The Hall–Kier alpha value is -3.06. The van der Waals surface area contributed by atoms with Crippen molar-refractivity contribution in [2.45, 2.75) is 19.4 Å². The summed E-state index contributed by atoms with van der Waals surface area (Å²) >= 11 is 0. The highest BCUT2D eigenvalue weighted by molar-refractivity contribution is 6.00. The molecule has 1 aliphatic rings. The summed E-state index contributed by atoms with van der Waals surface area (Å²) in [7, 11) is 3.27. The van der Waals surface area contributed by atoms with E-state index in [4.69, 9.17) is 15.2 Å². The smallest absolute Gasteiger partial charge is 0.347 e. The average molecular weight is 396 g/mol. The molecule has 7 heteroatoms. The lowest BCUT2D eigenvalue weighted by atomic mass is 9.96. The van der Waals surface area contributed by atoms with E-state index >= 15 is 0 Å². The van der Waals surface area contributed by atoms with Crippen molar-refractivity contribution in [1.82, 2.24) is 4.90 Å². The number of amides is 2. The first-order valence-corrected chi connectivity index (χ1v) is 9.71. The molecule has 154 valence electrons. The Labute approximate surface area is 171 Å². The van der Waals surface area contributed by atoms with Gasteiger partial charge in [0.2, 0.25) is 0 Å². The fourth-order valence-corrected chi connectivity index (χ4v) is 3.50. The molecule has 1 heterocycles. The summed E-state index contributed by atoms with van der Waals surface area (Å²) in [6.07, 6.45) is 1.95. The van der Waals surface area contributed by atoms with Gasteiger partial charge in [-0.25, -0.2) is 4.79 Å². The summed E-state index contributed by atoms with van der Waals surface area (Å²) in [5.74, 6) is 2.03. The number of benzene rings is 2. The molecular weight excluding hydrogens is 368 g/mol. The normalized spacial score (nSPS) is 17.6. The van der Waals surface area contributed by atoms with Crippen LogP contribution >= 0.6 is 0 Å². The Bertz CT molecular complexity index is 851. The van der Waals surface area contributed by atoms with Crippen molar-refractivity contribution in [3.63, 3.8) is 0 Å². The predicted octanol–water partition coefficient (Wildman–Crippen LogP) is 3.51. The quantitative estimate of drug-likeness (QED) is 0.576. The summed E-state index contributed by atoms with van der Waals surface area (Å²) < 4.78 is 10.4. The summed E-state index contributed by atoms with van der Waals surface area (Å²) in [4.78, 5) is 18.6. The molecular formula is C22H28N4O3.